The largest absolute Gasteiger partial charge is 0.451 e. The number of nitrogens with zero attached hydrogens (tertiary/aromatic N) is 1. The normalized spacial score (nSPS) is 13.0. The number of aliphatic hydroxyl groups excluding tert-OH is 1. The number of fused-ring (bicyclic) bond motifs is 1. The molecule has 126 valence electrons. The van der Waals surface area contributed by atoms with Crippen molar-refractivity contribution in [3.05, 3.63) is 35.6 Å². The van der Waals surface area contributed by atoms with E-state index in [9.17, 15) is 9.90 Å². The lowest BCUT2D eigenvalue weighted by Gasteiger charge is -2.14. The van der Waals surface area contributed by atoms with Gasteiger partial charge in [-0.25, -0.2) is 0 Å². The van der Waals surface area contributed by atoms with Gasteiger partial charge in [-0.2, -0.15) is 0 Å². The zero-order valence-electron chi connectivity index (χ0n) is 14.3. The molecule has 0 fully saturated rings. The van der Waals surface area contributed by atoms with Crippen molar-refractivity contribution in [2.45, 2.75) is 32.9 Å². The molecule has 1 aromatic carbocycles. The highest BCUT2D eigenvalue weighted by Gasteiger charge is 2.21. The second-order valence-corrected chi connectivity index (χ2v) is 6.64. The highest BCUT2D eigenvalue weighted by atomic mass is 16.3. The Labute approximate surface area is 137 Å². The fraction of sp³-hybridized carbons (Fsp3) is 0.500. The summed E-state index contributed by atoms with van der Waals surface area (Å²) >= 11 is 0. The van der Waals surface area contributed by atoms with Crippen LogP contribution < -0.4 is 5.32 Å². The van der Waals surface area contributed by atoms with E-state index in [4.69, 9.17) is 4.42 Å². The van der Waals surface area contributed by atoms with E-state index < -0.39 is 6.10 Å². The second kappa shape index (κ2) is 7.62. The van der Waals surface area contributed by atoms with Crippen molar-refractivity contribution in [1.82, 2.24) is 10.2 Å². The molecule has 0 bridgehead atoms. The molecule has 1 unspecified atom stereocenters. The minimum Gasteiger partial charge on any atom is -0.451 e. The van der Waals surface area contributed by atoms with Gasteiger partial charge < -0.3 is 19.7 Å². The van der Waals surface area contributed by atoms with E-state index in [-0.39, 0.29) is 12.5 Å². The quantitative estimate of drug-likeness (QED) is 0.823. The summed E-state index contributed by atoms with van der Waals surface area (Å²) in [6.45, 7) is 4.93. The van der Waals surface area contributed by atoms with Crippen LogP contribution in [-0.4, -0.2) is 42.7 Å². The maximum Gasteiger partial charge on any atom is 0.287 e. The molecule has 23 heavy (non-hydrogen) atoms. The Kier molecular flexibility index (Phi) is 5.80. The van der Waals surface area contributed by atoms with E-state index in [2.05, 4.69) is 5.32 Å². The van der Waals surface area contributed by atoms with Gasteiger partial charge in [-0.15, -0.1) is 0 Å². The first-order valence-corrected chi connectivity index (χ1v) is 8.00. The number of rotatable bonds is 7. The van der Waals surface area contributed by atoms with Gasteiger partial charge in [-0.3, -0.25) is 4.79 Å². The predicted molar refractivity (Wildman–Crippen MR) is 91.4 cm³/mol. The Morgan fingerprint density at radius 2 is 2.00 bits per heavy atom. The second-order valence-electron chi connectivity index (χ2n) is 6.64. The molecule has 0 aliphatic carbocycles. The van der Waals surface area contributed by atoms with Crippen LogP contribution >= 0.6 is 0 Å². The molecule has 0 saturated carbocycles. The number of nitrogens with one attached hydrogen (secondary N) is 1. The predicted octanol–water partition coefficient (Wildman–Crippen LogP) is 2.63. The summed E-state index contributed by atoms with van der Waals surface area (Å²) < 4.78 is 5.75. The monoisotopic (exact) mass is 318 g/mol. The molecule has 2 aromatic rings. The fourth-order valence-electron chi connectivity index (χ4n) is 2.67. The van der Waals surface area contributed by atoms with Crippen LogP contribution in [0.3, 0.4) is 0 Å². The highest BCUT2D eigenvalue weighted by molar-refractivity contribution is 5.99. The third-order valence-corrected chi connectivity index (χ3v) is 3.62. The van der Waals surface area contributed by atoms with Crippen LogP contribution in [0.25, 0.3) is 11.0 Å². The number of hydrogen-bond acceptors (Lipinski definition) is 4. The van der Waals surface area contributed by atoms with Gasteiger partial charge in [0, 0.05) is 24.0 Å². The summed E-state index contributed by atoms with van der Waals surface area (Å²) in [6, 6.07) is 7.64. The third-order valence-electron chi connectivity index (χ3n) is 3.62. The molecular formula is C18H26N2O3. The molecule has 1 atom stereocenters. The number of aliphatic hydroxyl groups is 1. The number of carbonyl (C=O) groups is 1. The first kappa shape index (κ1) is 17.5. The zero-order valence-corrected chi connectivity index (χ0v) is 14.3. The van der Waals surface area contributed by atoms with E-state index in [1.807, 2.05) is 57.1 Å². The summed E-state index contributed by atoms with van der Waals surface area (Å²) in [5.74, 6) is 0.440. The number of carbonyl (C=O) groups excluding carboxylic acids is 1. The Bertz CT molecular complexity index is 661. The van der Waals surface area contributed by atoms with Crippen LogP contribution in [0.1, 0.15) is 36.4 Å². The average molecular weight is 318 g/mol. The van der Waals surface area contributed by atoms with Gasteiger partial charge in [0.1, 0.15) is 5.58 Å². The molecule has 0 radical (unpaired) electrons. The van der Waals surface area contributed by atoms with Crippen molar-refractivity contribution in [1.29, 1.82) is 0 Å². The summed E-state index contributed by atoms with van der Waals surface area (Å²) in [5, 5.41) is 13.6. The lowest BCUT2D eigenvalue weighted by Crippen LogP contribution is -2.33. The molecule has 1 amide bonds. The molecular weight excluding hydrogens is 292 g/mol. The third kappa shape index (κ3) is 4.56. The molecule has 5 heteroatoms. The Balaban J connectivity index is 2.19. The van der Waals surface area contributed by atoms with Gasteiger partial charge in [0.25, 0.3) is 5.91 Å². The summed E-state index contributed by atoms with van der Waals surface area (Å²) in [5.41, 5.74) is 1.58. The fourth-order valence-corrected chi connectivity index (χ4v) is 2.67. The number of furan rings is 1. The van der Waals surface area contributed by atoms with Crippen molar-refractivity contribution in [2.24, 2.45) is 5.92 Å². The SMILES string of the molecule is CC(C)CC(O)CNC(=O)c1oc2ccccc2c1CN(C)C. The van der Waals surface area contributed by atoms with Crippen molar-refractivity contribution in [2.75, 3.05) is 20.6 Å². The van der Waals surface area contributed by atoms with Gasteiger partial charge in [0.05, 0.1) is 6.10 Å². The number of hydrogen-bond donors (Lipinski definition) is 2. The Morgan fingerprint density at radius 1 is 1.30 bits per heavy atom. The minimum absolute atomic E-state index is 0.232. The lowest BCUT2D eigenvalue weighted by molar-refractivity contribution is 0.0873. The van der Waals surface area contributed by atoms with E-state index in [0.717, 1.165) is 10.9 Å². The van der Waals surface area contributed by atoms with Crippen molar-refractivity contribution in [3.63, 3.8) is 0 Å². The first-order valence-electron chi connectivity index (χ1n) is 8.00. The van der Waals surface area contributed by atoms with Crippen LogP contribution in [0.15, 0.2) is 28.7 Å². The van der Waals surface area contributed by atoms with Crippen molar-refractivity contribution < 1.29 is 14.3 Å². The molecule has 5 nitrogen and oxygen atoms in total. The van der Waals surface area contributed by atoms with Gasteiger partial charge in [-0.05, 0) is 32.5 Å². The van der Waals surface area contributed by atoms with Crippen LogP contribution in [0, 0.1) is 5.92 Å². The average Bonchev–Trinajstić information content (AvgIpc) is 2.82. The van der Waals surface area contributed by atoms with E-state index in [0.29, 0.717) is 30.2 Å². The van der Waals surface area contributed by atoms with Gasteiger partial charge >= 0.3 is 0 Å². The van der Waals surface area contributed by atoms with Crippen molar-refractivity contribution in [3.8, 4) is 0 Å². The first-order chi connectivity index (χ1) is 10.9. The van der Waals surface area contributed by atoms with Gasteiger partial charge in [-0.1, -0.05) is 32.0 Å². The van der Waals surface area contributed by atoms with Crippen molar-refractivity contribution >= 4 is 16.9 Å². The smallest absolute Gasteiger partial charge is 0.287 e. The topological polar surface area (TPSA) is 65.7 Å². The van der Waals surface area contributed by atoms with Crippen LogP contribution in [-0.2, 0) is 6.54 Å². The highest BCUT2D eigenvalue weighted by Crippen LogP contribution is 2.26. The molecule has 0 aliphatic rings. The molecule has 0 saturated heterocycles. The summed E-state index contributed by atoms with van der Waals surface area (Å²) in [6.07, 6.45) is 0.117. The standard InChI is InChI=1S/C18H26N2O3/c1-12(2)9-13(21)10-19-18(22)17-15(11-20(3)4)14-7-5-6-8-16(14)23-17/h5-8,12-13,21H,9-11H2,1-4H3,(H,19,22). The summed E-state index contributed by atoms with van der Waals surface area (Å²) in [4.78, 5) is 14.5. The van der Waals surface area contributed by atoms with Crippen LogP contribution in [0.4, 0.5) is 0 Å². The molecule has 2 rings (SSSR count). The molecule has 0 aliphatic heterocycles. The van der Waals surface area contributed by atoms with E-state index in [1.165, 1.54) is 0 Å². The molecule has 1 aromatic heterocycles. The van der Waals surface area contributed by atoms with E-state index >= 15 is 0 Å². The zero-order chi connectivity index (χ0) is 17.0. The van der Waals surface area contributed by atoms with Gasteiger partial charge in [0.15, 0.2) is 5.76 Å². The molecule has 2 N–H and O–H groups in total. The Morgan fingerprint density at radius 3 is 2.65 bits per heavy atom. The number of benzene rings is 1. The Hall–Kier alpha value is -1.85. The minimum atomic E-state index is -0.541. The van der Waals surface area contributed by atoms with Gasteiger partial charge in [0.2, 0.25) is 0 Å². The van der Waals surface area contributed by atoms with E-state index in [1.54, 1.807) is 0 Å². The van der Waals surface area contributed by atoms with Crippen LogP contribution in [0.2, 0.25) is 0 Å². The summed E-state index contributed by atoms with van der Waals surface area (Å²) in [7, 11) is 3.91. The maximum absolute atomic E-state index is 12.5. The van der Waals surface area contributed by atoms with Crippen LogP contribution in [0.5, 0.6) is 0 Å². The lowest BCUT2D eigenvalue weighted by atomic mass is 10.1. The molecule has 1 heterocycles. The maximum atomic E-state index is 12.5. The number of amides is 1. The molecule has 0 spiro atoms. The number of para-hydroxylation sites is 1.